The molecule has 2 heterocycles. The minimum absolute atomic E-state index is 0.293. The van der Waals surface area contributed by atoms with E-state index in [2.05, 4.69) is 39.0 Å². The summed E-state index contributed by atoms with van der Waals surface area (Å²) in [6.07, 6.45) is 2.82. The Morgan fingerprint density at radius 2 is 2.08 bits per heavy atom. The maximum atomic E-state index is 11.3. The molecule has 0 amide bonds. The van der Waals surface area contributed by atoms with Crippen molar-refractivity contribution in [3.63, 3.8) is 0 Å². The Morgan fingerprint density at radius 3 is 2.83 bits per heavy atom. The Labute approximate surface area is 142 Å². The number of anilines is 1. The number of aromatic carboxylic acids is 1. The molecule has 0 spiro atoms. The van der Waals surface area contributed by atoms with E-state index in [0.29, 0.717) is 23.7 Å². The summed E-state index contributed by atoms with van der Waals surface area (Å²) in [7, 11) is 2.03. The fourth-order valence-corrected chi connectivity index (χ4v) is 3.37. The Morgan fingerprint density at radius 1 is 1.29 bits per heavy atom. The molecule has 0 radical (unpaired) electrons. The van der Waals surface area contributed by atoms with Crippen LogP contribution in [0.25, 0.3) is 0 Å². The van der Waals surface area contributed by atoms with Gasteiger partial charge in [0.05, 0.1) is 11.3 Å². The fourth-order valence-electron chi connectivity index (χ4n) is 3.37. The summed E-state index contributed by atoms with van der Waals surface area (Å²) >= 11 is 0. The summed E-state index contributed by atoms with van der Waals surface area (Å²) in [5.74, 6) is -0.324. The first-order chi connectivity index (χ1) is 11.6. The highest BCUT2D eigenvalue weighted by molar-refractivity contribution is 5.88. The molecule has 126 valence electrons. The number of hydrogen-bond donors (Lipinski definition) is 1. The molecule has 1 fully saturated rings. The lowest BCUT2D eigenvalue weighted by Crippen LogP contribution is -2.29. The SMILES string of the molecule is CN(Cc1ncccc1C(=O)O)C[C@H]1CCN(c2ccccc2)C1. The van der Waals surface area contributed by atoms with Gasteiger partial charge in [-0.2, -0.15) is 0 Å². The van der Waals surface area contributed by atoms with Crippen LogP contribution in [0.2, 0.25) is 0 Å². The zero-order valence-electron chi connectivity index (χ0n) is 13.9. The van der Waals surface area contributed by atoms with Crippen molar-refractivity contribution in [2.75, 3.05) is 31.6 Å². The van der Waals surface area contributed by atoms with Gasteiger partial charge < -0.3 is 14.9 Å². The number of rotatable bonds is 6. The number of nitrogens with zero attached hydrogens (tertiary/aromatic N) is 3. The molecule has 1 saturated heterocycles. The van der Waals surface area contributed by atoms with Gasteiger partial charge in [0.1, 0.15) is 0 Å². The maximum absolute atomic E-state index is 11.3. The van der Waals surface area contributed by atoms with Crippen LogP contribution < -0.4 is 4.90 Å². The predicted octanol–water partition coefficient (Wildman–Crippen LogP) is 2.74. The first-order valence-corrected chi connectivity index (χ1v) is 8.29. The summed E-state index contributed by atoms with van der Waals surface area (Å²) in [6.45, 7) is 3.62. The van der Waals surface area contributed by atoms with Crippen LogP contribution in [-0.4, -0.2) is 47.6 Å². The minimum atomic E-state index is -0.914. The average Bonchev–Trinajstić information content (AvgIpc) is 3.04. The third kappa shape index (κ3) is 3.92. The number of carbonyl (C=O) groups is 1. The Balaban J connectivity index is 1.57. The zero-order valence-corrected chi connectivity index (χ0v) is 13.9. The minimum Gasteiger partial charge on any atom is -0.478 e. The predicted molar refractivity (Wildman–Crippen MR) is 94.3 cm³/mol. The van der Waals surface area contributed by atoms with Gasteiger partial charge in [-0.15, -0.1) is 0 Å². The van der Waals surface area contributed by atoms with E-state index in [1.54, 1.807) is 18.3 Å². The number of pyridine rings is 1. The first-order valence-electron chi connectivity index (χ1n) is 8.29. The van der Waals surface area contributed by atoms with Gasteiger partial charge in [-0.25, -0.2) is 4.79 Å². The third-order valence-corrected chi connectivity index (χ3v) is 4.52. The summed E-state index contributed by atoms with van der Waals surface area (Å²) in [5, 5.41) is 9.26. The van der Waals surface area contributed by atoms with E-state index in [1.165, 1.54) is 5.69 Å². The van der Waals surface area contributed by atoms with Crippen molar-refractivity contribution in [1.29, 1.82) is 0 Å². The van der Waals surface area contributed by atoms with Crippen LogP contribution in [0.5, 0.6) is 0 Å². The number of benzene rings is 1. The summed E-state index contributed by atoms with van der Waals surface area (Å²) in [4.78, 5) is 20.1. The monoisotopic (exact) mass is 325 g/mol. The van der Waals surface area contributed by atoms with Crippen LogP contribution in [0.15, 0.2) is 48.7 Å². The molecule has 1 aromatic carbocycles. The van der Waals surface area contributed by atoms with Crippen LogP contribution in [0.1, 0.15) is 22.5 Å². The van der Waals surface area contributed by atoms with Gasteiger partial charge in [-0.1, -0.05) is 18.2 Å². The average molecular weight is 325 g/mol. The summed E-state index contributed by atoms with van der Waals surface area (Å²) in [5.41, 5.74) is 2.20. The van der Waals surface area contributed by atoms with Gasteiger partial charge in [0.15, 0.2) is 0 Å². The lowest BCUT2D eigenvalue weighted by atomic mass is 10.1. The van der Waals surface area contributed by atoms with E-state index in [-0.39, 0.29) is 0 Å². The molecule has 1 aliphatic heterocycles. The second-order valence-corrected chi connectivity index (χ2v) is 6.44. The molecule has 0 bridgehead atoms. The molecular formula is C19H23N3O2. The highest BCUT2D eigenvalue weighted by Gasteiger charge is 2.24. The van der Waals surface area contributed by atoms with Gasteiger partial charge in [0.2, 0.25) is 0 Å². The normalized spacial score (nSPS) is 17.4. The van der Waals surface area contributed by atoms with Gasteiger partial charge >= 0.3 is 5.97 Å². The number of carboxylic acid groups (broad SMARTS) is 1. The molecule has 0 saturated carbocycles. The van der Waals surface area contributed by atoms with Gasteiger partial charge in [-0.3, -0.25) is 4.98 Å². The van der Waals surface area contributed by atoms with Crippen molar-refractivity contribution in [3.8, 4) is 0 Å². The standard InChI is InChI=1S/C19H23N3O2/c1-21(14-18-17(19(23)24)8-5-10-20-18)12-15-9-11-22(13-15)16-6-3-2-4-7-16/h2-8,10,15H,9,11-14H2,1H3,(H,23,24)/t15-/m1/s1. The van der Waals surface area contributed by atoms with Crippen molar-refractivity contribution < 1.29 is 9.90 Å². The molecule has 1 aromatic heterocycles. The molecule has 1 atom stereocenters. The highest BCUT2D eigenvalue weighted by Crippen LogP contribution is 2.24. The Bertz CT molecular complexity index is 690. The Kier molecular flexibility index (Phi) is 5.11. The largest absolute Gasteiger partial charge is 0.478 e. The van der Waals surface area contributed by atoms with Crippen molar-refractivity contribution in [2.45, 2.75) is 13.0 Å². The lowest BCUT2D eigenvalue weighted by molar-refractivity contribution is 0.0694. The van der Waals surface area contributed by atoms with Crippen LogP contribution >= 0.6 is 0 Å². The van der Waals surface area contributed by atoms with E-state index in [9.17, 15) is 9.90 Å². The van der Waals surface area contributed by atoms with Crippen LogP contribution in [0, 0.1) is 5.92 Å². The van der Waals surface area contributed by atoms with E-state index in [0.717, 1.165) is 26.1 Å². The third-order valence-electron chi connectivity index (χ3n) is 4.52. The molecular weight excluding hydrogens is 302 g/mol. The molecule has 1 N–H and O–H groups in total. The fraction of sp³-hybridized carbons (Fsp3) is 0.368. The van der Waals surface area contributed by atoms with Crippen molar-refractivity contribution in [3.05, 3.63) is 59.9 Å². The molecule has 24 heavy (non-hydrogen) atoms. The summed E-state index contributed by atoms with van der Waals surface area (Å²) in [6, 6.07) is 13.8. The maximum Gasteiger partial charge on any atom is 0.337 e. The second kappa shape index (κ2) is 7.45. The zero-order chi connectivity index (χ0) is 16.9. The van der Waals surface area contributed by atoms with E-state index in [4.69, 9.17) is 0 Å². The van der Waals surface area contributed by atoms with Crippen molar-refractivity contribution >= 4 is 11.7 Å². The van der Waals surface area contributed by atoms with E-state index in [1.807, 2.05) is 13.1 Å². The second-order valence-electron chi connectivity index (χ2n) is 6.44. The van der Waals surface area contributed by atoms with Gasteiger partial charge in [0, 0.05) is 38.1 Å². The van der Waals surface area contributed by atoms with E-state index >= 15 is 0 Å². The topological polar surface area (TPSA) is 56.7 Å². The molecule has 1 aliphatic rings. The Hall–Kier alpha value is -2.40. The number of carboxylic acids is 1. The molecule has 3 rings (SSSR count). The quantitative estimate of drug-likeness (QED) is 0.885. The highest BCUT2D eigenvalue weighted by atomic mass is 16.4. The van der Waals surface area contributed by atoms with Crippen molar-refractivity contribution in [1.82, 2.24) is 9.88 Å². The first kappa shape index (κ1) is 16.5. The van der Waals surface area contributed by atoms with Gasteiger partial charge in [0.25, 0.3) is 0 Å². The van der Waals surface area contributed by atoms with Gasteiger partial charge in [-0.05, 0) is 43.7 Å². The smallest absolute Gasteiger partial charge is 0.337 e. The summed E-state index contributed by atoms with van der Waals surface area (Å²) < 4.78 is 0. The van der Waals surface area contributed by atoms with E-state index < -0.39 is 5.97 Å². The number of aromatic nitrogens is 1. The molecule has 0 unspecified atom stereocenters. The lowest BCUT2D eigenvalue weighted by Gasteiger charge is -2.22. The molecule has 0 aliphatic carbocycles. The molecule has 2 aromatic rings. The van der Waals surface area contributed by atoms with Crippen molar-refractivity contribution in [2.24, 2.45) is 5.92 Å². The molecule has 5 nitrogen and oxygen atoms in total. The number of para-hydroxylation sites is 1. The molecule has 5 heteroatoms. The van der Waals surface area contributed by atoms with Crippen LogP contribution in [0.4, 0.5) is 5.69 Å². The van der Waals surface area contributed by atoms with Crippen LogP contribution in [0.3, 0.4) is 0 Å². The van der Waals surface area contributed by atoms with Crippen LogP contribution in [-0.2, 0) is 6.54 Å². The number of hydrogen-bond acceptors (Lipinski definition) is 4.